The highest BCUT2D eigenvalue weighted by atomic mass is 32.2. The van der Waals surface area contributed by atoms with E-state index < -0.39 is 110 Å². The van der Waals surface area contributed by atoms with Crippen LogP contribution in [0.2, 0.25) is 0 Å². The normalized spacial score (nSPS) is 12.7. The monoisotopic (exact) mass is 1850 g/mol. The molecule has 0 bridgehead atoms. The summed E-state index contributed by atoms with van der Waals surface area (Å²) in [6.07, 6.45) is 0. The van der Waals surface area contributed by atoms with Crippen molar-refractivity contribution in [2.45, 2.75) is 90.4 Å². The molecule has 15 aromatic rings. The van der Waals surface area contributed by atoms with Crippen molar-refractivity contribution in [3.63, 3.8) is 0 Å². The second-order valence-electron chi connectivity index (χ2n) is 26.4. The van der Waals surface area contributed by atoms with E-state index in [2.05, 4.69) is 45.5 Å². The molecule has 0 spiro atoms. The lowest BCUT2D eigenvalue weighted by Gasteiger charge is -2.17. The summed E-state index contributed by atoms with van der Waals surface area (Å²) < 4.78 is 240. The van der Waals surface area contributed by atoms with Gasteiger partial charge in [-0.25, -0.2) is 50.5 Å². The summed E-state index contributed by atoms with van der Waals surface area (Å²) in [4.78, 5) is 16.9. The van der Waals surface area contributed by atoms with Crippen molar-refractivity contribution in [1.82, 2.24) is 59.9 Å². The average Bonchev–Trinajstić information content (AvgIpc) is 1.62. The van der Waals surface area contributed by atoms with E-state index in [1.54, 1.807) is 88.4 Å². The zero-order valence-electron chi connectivity index (χ0n) is 63.7. The van der Waals surface area contributed by atoms with Crippen molar-refractivity contribution in [2.24, 2.45) is 0 Å². The van der Waals surface area contributed by atoms with E-state index >= 15 is 0 Å². The van der Waals surface area contributed by atoms with Crippen molar-refractivity contribution < 1.29 is 132 Å². The molecule has 4 N–H and O–H groups in total. The van der Waals surface area contributed by atoms with Crippen LogP contribution < -0.4 is 33.3 Å². The predicted octanol–water partition coefficient (Wildman–Crippen LogP) is 4.35. The molecule has 0 fully saturated rings. The molecule has 0 amide bonds. The number of aliphatic hydroxyl groups excluding tert-OH is 4. The Labute approximate surface area is 708 Å². The molecule has 0 saturated heterocycles. The van der Waals surface area contributed by atoms with Crippen molar-refractivity contribution >= 4 is 125 Å². The fraction of sp³-hybridized carbons (Fsp3) is 0.178. The molecule has 0 aliphatic carbocycles. The van der Waals surface area contributed by atoms with E-state index in [1.807, 2.05) is 6.92 Å². The van der Waals surface area contributed by atoms with E-state index in [4.69, 9.17) is 18.9 Å². The van der Waals surface area contributed by atoms with Gasteiger partial charge in [-0.05, 0) is 186 Å². The molecule has 1 aliphatic rings. The zero-order chi connectivity index (χ0) is 88.3. The number of aromatic nitrogens is 15. The molecule has 41 nitrogen and oxygen atoms in total. The van der Waals surface area contributed by atoms with Crippen LogP contribution >= 0.6 is 34.0 Å². The number of thiazole rings is 3. The summed E-state index contributed by atoms with van der Waals surface area (Å²) in [7, 11) is -29.6. The first-order valence-corrected chi connectivity index (χ1v) is 46.5. The van der Waals surface area contributed by atoms with Crippen LogP contribution in [0.25, 0.3) is 97.3 Å². The SMILES string of the molecule is CCOc1cc2sc(-[n+]3nc(-c4ccc(C)cc4S(=O)(=O)[O-])nn3-c3cc(S(=O)(=O)[O-])ccc3CO)nc2cc1CO.CCOc1ccc2nc(-[n+]3nc(-c4ccc(C)cc4S(=O)(=O)[O-])nn3-c3cc(S(=O)(=O)[O-])ccc3CO)sc2c1.Cc1ccc(-c2nn(-c3cc(S(=O)(=O)[O-])ccc3CO)[n+](-c3nc4cc5c(cc4s3)OCCO5)n2)c(S(=O)(=O)[O-])c1. The van der Waals surface area contributed by atoms with E-state index in [0.29, 0.717) is 102 Å². The van der Waals surface area contributed by atoms with E-state index in [-0.39, 0.29) is 89.9 Å². The topological polar surface area (TPSA) is 603 Å². The van der Waals surface area contributed by atoms with Crippen molar-refractivity contribution in [1.29, 1.82) is 0 Å². The van der Waals surface area contributed by atoms with Crippen LogP contribution in [-0.2, 0) is 87.1 Å². The first-order chi connectivity index (χ1) is 58.1. The van der Waals surface area contributed by atoms with Gasteiger partial charge in [-0.3, -0.25) is 0 Å². The van der Waals surface area contributed by atoms with Gasteiger partial charge in [0, 0.05) is 61.8 Å². The number of aliphatic hydroxyl groups is 4. The number of ether oxygens (including phenoxy) is 4. The quantitative estimate of drug-likeness (QED) is 0.0511. The minimum absolute atomic E-state index is 0.0360. The predicted molar refractivity (Wildman–Crippen MR) is 424 cm³/mol. The Bertz CT molecular complexity index is 7460. The fourth-order valence-electron chi connectivity index (χ4n) is 12.4. The fourth-order valence-corrected chi connectivity index (χ4v) is 18.9. The van der Waals surface area contributed by atoms with Crippen molar-refractivity contribution in [3.8, 4) is 89.6 Å². The summed E-state index contributed by atoms with van der Waals surface area (Å²) in [5.41, 5.74) is 3.50. The van der Waals surface area contributed by atoms with E-state index in [0.717, 1.165) is 87.9 Å². The van der Waals surface area contributed by atoms with Crippen LogP contribution in [0.1, 0.15) is 52.8 Å². The summed E-state index contributed by atoms with van der Waals surface area (Å²) in [6, 6.07) is 34.2. The number of aryl methyl sites for hydroxylation is 3. The molecule has 123 heavy (non-hydrogen) atoms. The van der Waals surface area contributed by atoms with Crippen LogP contribution in [0.15, 0.2) is 181 Å². The standard InChI is InChI=1S/C25H23N5O9S3.C24H19N5O9S3.C24H21N5O8S3/c1-3-39-21-11-22-19(9-16(21)13-32)26-25(40-22)30-28-24(18-7-4-14(2)8-23(18)42(36,37)38)27-29(30)20-10-17(41(33,34)35)6-5-15(20)12-31;1-13-2-5-16(22(8-13)41(34,35)36)23-26-28(18-9-15(40(31,32)33)4-3-14(18)12-30)29(27-23)24-25-17-10-19-20(11-21(17)39-24)38-7-6-37-19;1-3-37-16-6-9-19-21(11-16)38-24(25-19)29-27-23(18-8-4-14(2)10-22(18)40(34,35)36)26-28(29)20-12-17(39(31,32)33)7-5-15(20)13-30/h4-11,31-32H,3,12-13H2,1-2H3,(H-,33,34,35,36,37,38);2-5,8-11,30H,6-7,12H2,1H3,(H-,31,32,33,34,35,36);4-12,30H,3,13H2,1-2H3,(H-,31,32,33,34,35,36)/p-3. The molecule has 1 aliphatic heterocycles. The summed E-state index contributed by atoms with van der Waals surface area (Å²) >= 11 is 3.42. The van der Waals surface area contributed by atoms with Gasteiger partial charge in [-0.2, -0.15) is 0 Å². The smallest absolute Gasteiger partial charge is 0.365 e. The van der Waals surface area contributed by atoms with Gasteiger partial charge >= 0.3 is 15.4 Å². The van der Waals surface area contributed by atoms with Crippen LogP contribution in [0, 0.1) is 20.8 Å². The van der Waals surface area contributed by atoms with Crippen LogP contribution in [-0.4, -0.2) is 185 Å². The second kappa shape index (κ2) is 34.2. The molecule has 6 aromatic heterocycles. The Morgan fingerprint density at radius 2 is 0.724 bits per heavy atom. The molecule has 0 radical (unpaired) electrons. The van der Waals surface area contributed by atoms with Crippen LogP contribution in [0.4, 0.5) is 0 Å². The molecule has 7 heterocycles. The number of fused-ring (bicyclic) bond motifs is 4. The third-order valence-corrected chi connectivity index (χ3v) is 26.1. The lowest BCUT2D eigenvalue weighted by atomic mass is 10.1. The molecule has 50 heteroatoms. The van der Waals surface area contributed by atoms with Crippen molar-refractivity contribution in [3.05, 3.63) is 191 Å². The summed E-state index contributed by atoms with van der Waals surface area (Å²) in [5, 5.41) is 66.8. The molecule has 9 aromatic carbocycles. The molecular formula is C73H60N15O26S9-3. The Morgan fingerprint density at radius 3 is 1.07 bits per heavy atom. The molecule has 16 rings (SSSR count). The number of tetrazole rings is 3. The van der Waals surface area contributed by atoms with Gasteiger partial charge in [0.15, 0.2) is 28.0 Å². The molecule has 0 unspecified atom stereocenters. The number of benzene rings is 9. The number of hydrogen-bond donors (Lipinski definition) is 4. The van der Waals surface area contributed by atoms with Gasteiger partial charge in [-0.15, -0.1) is 0 Å². The second-order valence-corrected chi connectivity index (χ2v) is 37.6. The van der Waals surface area contributed by atoms with E-state index in [9.17, 15) is 98.2 Å². The number of nitrogens with zero attached hydrogens (tertiary/aromatic N) is 15. The summed E-state index contributed by atoms with van der Waals surface area (Å²) in [6.45, 7) is 7.97. The highest BCUT2D eigenvalue weighted by Gasteiger charge is 2.35. The molecule has 0 atom stereocenters. The molecule has 640 valence electrons. The maximum absolute atomic E-state index is 12.1. The highest BCUT2D eigenvalue weighted by Crippen LogP contribution is 2.39. The van der Waals surface area contributed by atoms with Crippen molar-refractivity contribution in [2.75, 3.05) is 26.4 Å². The van der Waals surface area contributed by atoms with Gasteiger partial charge in [0.2, 0.25) is 0 Å². The lowest BCUT2D eigenvalue weighted by molar-refractivity contribution is -0.734. The molecular weight excluding hydrogens is 1790 g/mol. The third-order valence-electron chi connectivity index (χ3n) is 18.1. The Morgan fingerprint density at radius 1 is 0.382 bits per heavy atom. The van der Waals surface area contributed by atoms with Gasteiger partial charge in [0.05, 0.1) is 99.8 Å². The third kappa shape index (κ3) is 18.5. The maximum Gasteiger partial charge on any atom is 0.365 e. The van der Waals surface area contributed by atoms with Gasteiger partial charge in [0.1, 0.15) is 102 Å². The van der Waals surface area contributed by atoms with Crippen LogP contribution in [0.5, 0.6) is 23.0 Å². The Balaban J connectivity index is 0.000000150. The summed E-state index contributed by atoms with van der Waals surface area (Å²) in [5.74, 6) is 1.40. The number of rotatable bonds is 23. The van der Waals surface area contributed by atoms with Gasteiger partial charge in [0.25, 0.3) is 17.5 Å². The minimum Gasteiger partial charge on any atom is -0.744 e. The first-order valence-electron chi connectivity index (χ1n) is 35.6. The van der Waals surface area contributed by atoms with Gasteiger partial charge in [-0.1, -0.05) is 85.4 Å². The van der Waals surface area contributed by atoms with Crippen LogP contribution in [0.3, 0.4) is 0 Å². The highest BCUT2D eigenvalue weighted by molar-refractivity contribution is 7.87. The maximum atomic E-state index is 12.1. The Kier molecular flexibility index (Phi) is 24.4. The Hall–Kier alpha value is -11.6. The lowest BCUT2D eigenvalue weighted by Crippen LogP contribution is -2.43. The largest absolute Gasteiger partial charge is 0.744 e. The average molecular weight is 1850 g/mol. The van der Waals surface area contributed by atoms with Gasteiger partial charge < -0.3 is 66.7 Å². The minimum atomic E-state index is -4.97. The first kappa shape index (κ1) is 87.7. The zero-order valence-corrected chi connectivity index (χ0v) is 71.1. The van der Waals surface area contributed by atoms with E-state index in [1.165, 1.54) is 65.9 Å². The number of hydrogen-bond acceptors (Lipinski definition) is 38. The molecule has 0 saturated carbocycles.